The maximum Gasteiger partial charge on any atom is 0.156 e. The van der Waals surface area contributed by atoms with Crippen LogP contribution < -0.4 is 5.32 Å². The molecule has 0 heterocycles. The highest BCUT2D eigenvalue weighted by Crippen LogP contribution is 2.24. The van der Waals surface area contributed by atoms with Crippen LogP contribution in [0.3, 0.4) is 0 Å². The van der Waals surface area contributed by atoms with Gasteiger partial charge in [-0.3, -0.25) is 0 Å². The Morgan fingerprint density at radius 3 is 2.31 bits per heavy atom. The largest absolute Gasteiger partial charge is 0.313 e. The molecule has 0 saturated heterocycles. The van der Waals surface area contributed by atoms with Crippen LogP contribution in [0.4, 0.5) is 0 Å². The molecule has 0 aromatic carbocycles. The molecule has 0 aliphatic heterocycles. The van der Waals surface area contributed by atoms with Gasteiger partial charge >= 0.3 is 0 Å². The highest BCUT2D eigenvalue weighted by Gasteiger charge is 2.29. The fourth-order valence-corrected chi connectivity index (χ4v) is 3.13. The number of hydrogen-bond donors (Lipinski definition) is 1. The summed E-state index contributed by atoms with van der Waals surface area (Å²) in [6, 6.07) is 0.523. The van der Waals surface area contributed by atoms with Crippen LogP contribution in [0.2, 0.25) is 0 Å². The summed E-state index contributed by atoms with van der Waals surface area (Å²) in [5.41, 5.74) is 0. The minimum absolute atomic E-state index is 0.250. The van der Waals surface area contributed by atoms with Crippen molar-refractivity contribution in [3.05, 3.63) is 0 Å². The number of hydrogen-bond acceptors (Lipinski definition) is 3. The second-order valence-electron chi connectivity index (χ2n) is 5.90. The van der Waals surface area contributed by atoms with E-state index in [1.54, 1.807) is 20.8 Å². The Kier molecular flexibility index (Phi) is 4.41. The van der Waals surface area contributed by atoms with Crippen LogP contribution in [-0.4, -0.2) is 31.5 Å². The van der Waals surface area contributed by atoms with E-state index in [1.165, 1.54) is 19.3 Å². The lowest BCUT2D eigenvalue weighted by Crippen LogP contribution is -2.39. The van der Waals surface area contributed by atoms with Gasteiger partial charge in [-0.2, -0.15) is 0 Å². The Morgan fingerprint density at radius 2 is 1.88 bits per heavy atom. The first-order valence-electron chi connectivity index (χ1n) is 6.20. The smallest absolute Gasteiger partial charge is 0.156 e. The minimum atomic E-state index is -2.97. The van der Waals surface area contributed by atoms with E-state index in [2.05, 4.69) is 12.2 Å². The summed E-state index contributed by atoms with van der Waals surface area (Å²) in [4.78, 5) is 0. The summed E-state index contributed by atoms with van der Waals surface area (Å²) in [5, 5.41) is 3.38. The molecule has 0 aromatic rings. The van der Waals surface area contributed by atoms with Gasteiger partial charge in [0.25, 0.3) is 0 Å². The van der Waals surface area contributed by atoms with Crippen molar-refractivity contribution >= 4 is 9.84 Å². The van der Waals surface area contributed by atoms with Crippen LogP contribution in [0.1, 0.15) is 47.0 Å². The fraction of sp³-hybridized carbons (Fsp3) is 1.00. The Bertz CT molecular complexity index is 316. The molecule has 0 spiro atoms. The first kappa shape index (κ1) is 14.0. The molecule has 1 rings (SSSR count). The molecule has 96 valence electrons. The normalized spacial score (nSPS) is 27.2. The summed E-state index contributed by atoms with van der Waals surface area (Å²) in [6.07, 6.45) is 3.73. The molecule has 4 heteroatoms. The first-order chi connectivity index (χ1) is 7.24. The Hall–Kier alpha value is -0.0900. The Morgan fingerprint density at radius 1 is 1.25 bits per heavy atom. The lowest BCUT2D eigenvalue weighted by atomic mass is 10.1. The van der Waals surface area contributed by atoms with Crippen molar-refractivity contribution in [2.45, 2.75) is 57.7 Å². The van der Waals surface area contributed by atoms with Crippen molar-refractivity contribution in [3.8, 4) is 0 Å². The van der Waals surface area contributed by atoms with Crippen molar-refractivity contribution in [1.82, 2.24) is 5.32 Å². The third-order valence-corrected chi connectivity index (χ3v) is 6.18. The summed E-state index contributed by atoms with van der Waals surface area (Å²) >= 11 is 0. The molecule has 16 heavy (non-hydrogen) atoms. The van der Waals surface area contributed by atoms with E-state index in [4.69, 9.17) is 0 Å². The van der Waals surface area contributed by atoms with E-state index in [0.717, 1.165) is 0 Å². The van der Waals surface area contributed by atoms with E-state index in [1.807, 2.05) is 0 Å². The lowest BCUT2D eigenvalue weighted by molar-refractivity contribution is 0.436. The fourth-order valence-electron chi connectivity index (χ4n) is 2.13. The topological polar surface area (TPSA) is 46.2 Å². The molecular formula is C12H25NO2S. The monoisotopic (exact) mass is 247 g/mol. The second kappa shape index (κ2) is 5.05. The van der Waals surface area contributed by atoms with E-state index < -0.39 is 14.6 Å². The Balaban J connectivity index is 2.36. The summed E-state index contributed by atoms with van der Waals surface area (Å²) in [7, 11) is -2.97. The predicted octanol–water partition coefficient (Wildman–Crippen LogP) is 1.98. The van der Waals surface area contributed by atoms with Gasteiger partial charge in [-0.1, -0.05) is 13.3 Å². The van der Waals surface area contributed by atoms with Gasteiger partial charge in [-0.15, -0.1) is 0 Å². The number of nitrogens with one attached hydrogen (secondary N) is 1. The van der Waals surface area contributed by atoms with Crippen LogP contribution >= 0.6 is 0 Å². The molecule has 0 radical (unpaired) electrons. The van der Waals surface area contributed by atoms with Gasteiger partial charge in [0.05, 0.1) is 10.5 Å². The van der Waals surface area contributed by atoms with E-state index in [0.29, 0.717) is 18.5 Å². The highest BCUT2D eigenvalue weighted by molar-refractivity contribution is 7.92. The minimum Gasteiger partial charge on any atom is -0.313 e. The summed E-state index contributed by atoms with van der Waals surface area (Å²) in [6.45, 7) is 8.12. The Labute approximate surface area is 99.9 Å². The van der Waals surface area contributed by atoms with Crippen molar-refractivity contribution in [3.63, 3.8) is 0 Å². The molecule has 1 aliphatic rings. The van der Waals surface area contributed by atoms with Gasteiger partial charge in [-0.05, 0) is 39.5 Å². The summed E-state index contributed by atoms with van der Waals surface area (Å²) in [5.74, 6) is 0.942. The average molecular weight is 247 g/mol. The standard InChI is InChI=1S/C12H25NO2S/c1-10-6-5-7-11(10)13-8-9-16(14,15)12(2,3)4/h10-11,13H,5-9H2,1-4H3. The molecular weight excluding hydrogens is 222 g/mol. The van der Waals surface area contributed by atoms with Gasteiger partial charge in [0, 0.05) is 12.6 Å². The van der Waals surface area contributed by atoms with Crippen LogP contribution in [-0.2, 0) is 9.84 Å². The third kappa shape index (κ3) is 3.45. The maximum absolute atomic E-state index is 11.9. The van der Waals surface area contributed by atoms with E-state index in [-0.39, 0.29) is 5.75 Å². The quantitative estimate of drug-likeness (QED) is 0.826. The van der Waals surface area contributed by atoms with Crippen LogP contribution in [0.25, 0.3) is 0 Å². The summed E-state index contributed by atoms with van der Waals surface area (Å²) < 4.78 is 23.1. The van der Waals surface area contributed by atoms with Crippen molar-refractivity contribution < 1.29 is 8.42 Å². The molecule has 1 fully saturated rings. The molecule has 0 aromatic heterocycles. The molecule has 0 amide bonds. The van der Waals surface area contributed by atoms with E-state index >= 15 is 0 Å². The number of sulfone groups is 1. The van der Waals surface area contributed by atoms with Crippen molar-refractivity contribution in [2.24, 2.45) is 5.92 Å². The van der Waals surface area contributed by atoms with Crippen LogP contribution in [0, 0.1) is 5.92 Å². The first-order valence-corrected chi connectivity index (χ1v) is 7.85. The van der Waals surface area contributed by atoms with E-state index in [9.17, 15) is 8.42 Å². The van der Waals surface area contributed by atoms with Crippen molar-refractivity contribution in [1.29, 1.82) is 0 Å². The molecule has 3 nitrogen and oxygen atoms in total. The lowest BCUT2D eigenvalue weighted by Gasteiger charge is -2.21. The highest BCUT2D eigenvalue weighted by atomic mass is 32.2. The van der Waals surface area contributed by atoms with Crippen molar-refractivity contribution in [2.75, 3.05) is 12.3 Å². The van der Waals surface area contributed by atoms with Gasteiger partial charge in [0.2, 0.25) is 0 Å². The third-order valence-electron chi connectivity index (χ3n) is 3.57. The molecule has 2 unspecified atom stereocenters. The van der Waals surface area contributed by atoms with Gasteiger partial charge in [0.1, 0.15) is 0 Å². The molecule has 1 aliphatic carbocycles. The van der Waals surface area contributed by atoms with Gasteiger partial charge in [-0.25, -0.2) is 8.42 Å². The number of rotatable bonds is 4. The molecule has 1 saturated carbocycles. The zero-order valence-electron chi connectivity index (χ0n) is 10.9. The molecule has 0 bridgehead atoms. The maximum atomic E-state index is 11.9. The van der Waals surface area contributed by atoms with Gasteiger partial charge in [0.15, 0.2) is 9.84 Å². The second-order valence-corrected chi connectivity index (χ2v) is 8.76. The average Bonchev–Trinajstić information content (AvgIpc) is 2.49. The molecule has 1 N–H and O–H groups in total. The SMILES string of the molecule is CC1CCCC1NCCS(=O)(=O)C(C)(C)C. The zero-order chi connectivity index (χ0) is 12.4. The van der Waals surface area contributed by atoms with Crippen LogP contribution in [0.5, 0.6) is 0 Å². The van der Waals surface area contributed by atoms with Gasteiger partial charge < -0.3 is 5.32 Å². The molecule has 2 atom stereocenters. The van der Waals surface area contributed by atoms with Crippen LogP contribution in [0.15, 0.2) is 0 Å². The predicted molar refractivity (Wildman–Crippen MR) is 68.3 cm³/mol. The zero-order valence-corrected chi connectivity index (χ0v) is 11.7.